The van der Waals surface area contributed by atoms with Gasteiger partial charge in [-0.25, -0.2) is 17.4 Å². The first-order valence-electron chi connectivity index (χ1n) is 11.8. The number of nitrogens with one attached hydrogen (secondary N) is 1. The average Bonchev–Trinajstić information content (AvgIpc) is 3.27. The standard InChI is InChI=1S/C23H35N5O4S/c1-16(2)28-23(30)21(15-20-7-5-12-27(20)28)22(29)24-17-13-18-8-9-19(14-17)26(18)11-6-10-25(3)33(4,31)32/h5,7,12,15-19H,6,8-11,13-14H2,1-4H3,(H,24,29). The second-order valence-electron chi connectivity index (χ2n) is 9.78. The topological polar surface area (TPSA) is 96.1 Å². The van der Waals surface area contributed by atoms with Gasteiger partial charge in [0.2, 0.25) is 10.0 Å². The first kappa shape index (κ1) is 24.0. The molecule has 10 heteroatoms. The molecule has 0 aromatic carbocycles. The SMILES string of the molecule is CC(C)n1c(=O)c(C(=O)NC2CC3CCC(C2)N3CCCN(C)S(C)(=O)=O)cc2cccn21. The van der Waals surface area contributed by atoms with E-state index in [0.29, 0.717) is 18.6 Å². The molecular weight excluding hydrogens is 442 g/mol. The molecule has 2 bridgehead atoms. The lowest BCUT2D eigenvalue weighted by atomic mass is 9.96. The third-order valence-electron chi connectivity index (χ3n) is 7.13. The van der Waals surface area contributed by atoms with Crippen LogP contribution in [0.2, 0.25) is 0 Å². The van der Waals surface area contributed by atoms with Gasteiger partial charge < -0.3 is 5.32 Å². The molecule has 4 heterocycles. The number of piperidine rings is 1. The van der Waals surface area contributed by atoms with E-state index in [9.17, 15) is 18.0 Å². The van der Waals surface area contributed by atoms with Crippen LogP contribution >= 0.6 is 0 Å². The number of carbonyl (C=O) groups excluding carboxylic acids is 1. The van der Waals surface area contributed by atoms with Crippen molar-refractivity contribution in [2.24, 2.45) is 0 Å². The summed E-state index contributed by atoms with van der Waals surface area (Å²) >= 11 is 0. The molecule has 1 N–H and O–H groups in total. The zero-order chi connectivity index (χ0) is 23.9. The van der Waals surface area contributed by atoms with Gasteiger partial charge in [0.15, 0.2) is 0 Å². The van der Waals surface area contributed by atoms with Gasteiger partial charge in [-0.05, 0) is 70.7 Å². The number of hydrogen-bond acceptors (Lipinski definition) is 5. The van der Waals surface area contributed by atoms with Gasteiger partial charge in [-0.3, -0.25) is 19.0 Å². The summed E-state index contributed by atoms with van der Waals surface area (Å²) in [5.41, 5.74) is 0.734. The fourth-order valence-electron chi connectivity index (χ4n) is 5.43. The van der Waals surface area contributed by atoms with Gasteiger partial charge in [0, 0.05) is 44.0 Å². The summed E-state index contributed by atoms with van der Waals surface area (Å²) in [5.74, 6) is -0.300. The highest BCUT2D eigenvalue weighted by molar-refractivity contribution is 7.88. The summed E-state index contributed by atoms with van der Waals surface area (Å²) in [6.45, 7) is 5.24. The lowest BCUT2D eigenvalue weighted by molar-refractivity contribution is 0.0838. The average molecular weight is 478 g/mol. The van der Waals surface area contributed by atoms with E-state index in [1.54, 1.807) is 22.3 Å². The predicted octanol–water partition coefficient (Wildman–Crippen LogP) is 1.69. The summed E-state index contributed by atoms with van der Waals surface area (Å²) < 4.78 is 28.0. The molecule has 2 atom stereocenters. The van der Waals surface area contributed by atoms with E-state index >= 15 is 0 Å². The summed E-state index contributed by atoms with van der Waals surface area (Å²) in [7, 11) is -1.53. The van der Waals surface area contributed by atoms with Gasteiger partial charge in [0.1, 0.15) is 5.56 Å². The quantitative estimate of drug-likeness (QED) is 0.624. The van der Waals surface area contributed by atoms with Crippen LogP contribution in [0.25, 0.3) is 5.52 Å². The van der Waals surface area contributed by atoms with Crippen molar-refractivity contribution in [3.63, 3.8) is 0 Å². The Labute approximate surface area is 195 Å². The Kier molecular flexibility index (Phi) is 6.70. The highest BCUT2D eigenvalue weighted by atomic mass is 32.2. The summed E-state index contributed by atoms with van der Waals surface area (Å²) in [4.78, 5) is 28.7. The van der Waals surface area contributed by atoms with E-state index in [-0.39, 0.29) is 29.1 Å². The molecule has 1 amide bonds. The zero-order valence-corrected chi connectivity index (χ0v) is 20.7. The number of fused-ring (bicyclic) bond motifs is 3. The molecule has 2 unspecified atom stereocenters. The molecule has 2 fully saturated rings. The van der Waals surface area contributed by atoms with Crippen LogP contribution in [0.4, 0.5) is 0 Å². The lowest BCUT2D eigenvalue weighted by Gasteiger charge is -2.39. The maximum atomic E-state index is 13.1. The smallest absolute Gasteiger partial charge is 0.278 e. The molecule has 2 saturated heterocycles. The first-order valence-corrected chi connectivity index (χ1v) is 13.6. The van der Waals surface area contributed by atoms with Gasteiger partial charge in [-0.1, -0.05) is 0 Å². The van der Waals surface area contributed by atoms with Crippen LogP contribution in [0.15, 0.2) is 29.2 Å². The number of nitrogens with zero attached hydrogens (tertiary/aromatic N) is 4. The van der Waals surface area contributed by atoms with Crippen molar-refractivity contribution in [1.82, 2.24) is 23.7 Å². The minimum atomic E-state index is -3.15. The van der Waals surface area contributed by atoms with Crippen LogP contribution in [0.5, 0.6) is 0 Å². The van der Waals surface area contributed by atoms with E-state index in [4.69, 9.17) is 0 Å². The van der Waals surface area contributed by atoms with Crippen molar-refractivity contribution in [2.75, 3.05) is 26.4 Å². The van der Waals surface area contributed by atoms with Crippen LogP contribution < -0.4 is 10.9 Å². The molecule has 9 nitrogen and oxygen atoms in total. The Morgan fingerprint density at radius 2 is 1.91 bits per heavy atom. The molecule has 0 radical (unpaired) electrons. The largest absolute Gasteiger partial charge is 0.349 e. The maximum Gasteiger partial charge on any atom is 0.278 e. The van der Waals surface area contributed by atoms with Crippen LogP contribution in [0, 0.1) is 0 Å². The van der Waals surface area contributed by atoms with Crippen molar-refractivity contribution in [2.45, 2.75) is 70.1 Å². The molecule has 2 aromatic heterocycles. The van der Waals surface area contributed by atoms with Gasteiger partial charge in [0.25, 0.3) is 11.5 Å². The van der Waals surface area contributed by atoms with Crippen molar-refractivity contribution in [3.8, 4) is 0 Å². The molecule has 4 rings (SSSR count). The molecule has 0 spiro atoms. The molecule has 0 aliphatic carbocycles. The van der Waals surface area contributed by atoms with E-state index in [0.717, 1.165) is 44.2 Å². The normalized spacial score (nSPS) is 23.6. The van der Waals surface area contributed by atoms with Crippen LogP contribution in [0.1, 0.15) is 62.4 Å². The molecule has 182 valence electrons. The lowest BCUT2D eigenvalue weighted by Crippen LogP contribution is -2.51. The molecular formula is C23H35N5O4S. The van der Waals surface area contributed by atoms with Crippen LogP contribution in [0.3, 0.4) is 0 Å². The fraction of sp³-hybridized carbons (Fsp3) is 0.652. The Bertz CT molecular complexity index is 1170. The highest BCUT2D eigenvalue weighted by Crippen LogP contribution is 2.35. The molecule has 33 heavy (non-hydrogen) atoms. The second kappa shape index (κ2) is 9.23. The molecule has 0 saturated carbocycles. The number of carbonyl (C=O) groups is 1. The number of rotatable bonds is 8. The second-order valence-corrected chi connectivity index (χ2v) is 11.9. The van der Waals surface area contributed by atoms with E-state index < -0.39 is 10.0 Å². The zero-order valence-electron chi connectivity index (χ0n) is 19.9. The third kappa shape index (κ3) is 4.88. The summed E-state index contributed by atoms with van der Waals surface area (Å²) in [6.07, 6.45) is 7.75. The van der Waals surface area contributed by atoms with E-state index in [1.165, 1.54) is 10.6 Å². The van der Waals surface area contributed by atoms with Gasteiger partial charge >= 0.3 is 0 Å². The Hall–Kier alpha value is -2.17. The highest BCUT2D eigenvalue weighted by Gasteiger charge is 2.41. The number of hydrogen-bond donors (Lipinski definition) is 1. The van der Waals surface area contributed by atoms with Crippen molar-refractivity contribution >= 4 is 21.4 Å². The Morgan fingerprint density at radius 3 is 2.52 bits per heavy atom. The van der Waals surface area contributed by atoms with Gasteiger partial charge in [-0.2, -0.15) is 0 Å². The predicted molar refractivity (Wildman–Crippen MR) is 128 cm³/mol. The minimum absolute atomic E-state index is 0.0415. The monoisotopic (exact) mass is 477 g/mol. The molecule has 2 aromatic rings. The number of aromatic nitrogens is 2. The Morgan fingerprint density at radius 1 is 1.24 bits per heavy atom. The first-order chi connectivity index (χ1) is 15.6. The van der Waals surface area contributed by atoms with Gasteiger partial charge in [-0.15, -0.1) is 0 Å². The van der Waals surface area contributed by atoms with Gasteiger partial charge in [0.05, 0.1) is 11.8 Å². The van der Waals surface area contributed by atoms with Crippen molar-refractivity contribution in [1.29, 1.82) is 0 Å². The summed E-state index contributed by atoms with van der Waals surface area (Å²) in [6, 6.07) is 6.20. The Balaban J connectivity index is 1.40. The van der Waals surface area contributed by atoms with Crippen LogP contribution in [-0.2, 0) is 10.0 Å². The van der Waals surface area contributed by atoms with E-state index in [2.05, 4.69) is 10.2 Å². The fourth-order valence-corrected chi connectivity index (χ4v) is 5.90. The van der Waals surface area contributed by atoms with Crippen LogP contribution in [-0.4, -0.2) is 77.2 Å². The molecule has 2 aliphatic heterocycles. The maximum absolute atomic E-state index is 13.1. The van der Waals surface area contributed by atoms with E-state index in [1.807, 2.05) is 32.2 Å². The molecule has 2 aliphatic rings. The number of sulfonamides is 1. The minimum Gasteiger partial charge on any atom is -0.349 e. The number of amides is 1. The summed E-state index contributed by atoms with van der Waals surface area (Å²) in [5, 5.41) is 3.14. The van der Waals surface area contributed by atoms with Crippen molar-refractivity contribution in [3.05, 3.63) is 40.3 Å². The third-order valence-corrected chi connectivity index (χ3v) is 8.45. The van der Waals surface area contributed by atoms with Crippen molar-refractivity contribution < 1.29 is 13.2 Å².